The molecule has 2 saturated heterocycles. The Morgan fingerprint density at radius 1 is 1.29 bits per heavy atom. The molecule has 0 bridgehead atoms. The van der Waals surface area contributed by atoms with Gasteiger partial charge in [0.2, 0.25) is 0 Å². The molecule has 0 unspecified atom stereocenters. The summed E-state index contributed by atoms with van der Waals surface area (Å²) < 4.78 is 0. The molecule has 2 amide bonds. The van der Waals surface area contributed by atoms with Crippen LogP contribution in [0.25, 0.3) is 0 Å². The molecule has 2 N–H and O–H groups in total. The lowest BCUT2D eigenvalue weighted by molar-refractivity contribution is 0.177. The van der Waals surface area contributed by atoms with E-state index < -0.39 is 0 Å². The lowest BCUT2D eigenvalue weighted by atomic mass is 9.96. The Labute approximate surface area is 129 Å². The van der Waals surface area contributed by atoms with Crippen molar-refractivity contribution in [3.05, 3.63) is 23.2 Å². The Bertz CT molecular complexity index is 481. The Morgan fingerprint density at radius 2 is 2.00 bits per heavy atom. The summed E-state index contributed by atoms with van der Waals surface area (Å²) in [6, 6.07) is 0.328. The molecule has 1 aromatic rings. The zero-order valence-corrected chi connectivity index (χ0v) is 12.6. The highest BCUT2D eigenvalue weighted by molar-refractivity contribution is 6.30. The second-order valence-electron chi connectivity index (χ2n) is 5.66. The standard InChI is InChI=1S/C14H20ClN5O/c15-11-7-17-13(18-8-11)10-2-5-20(6-3-10)14(21)19-12-1-4-16-9-12/h7-8,10,12,16H,1-6,9H2,(H,19,21)/t12-/m1/s1. The molecule has 0 aliphatic carbocycles. The van der Waals surface area contributed by atoms with E-state index in [-0.39, 0.29) is 12.1 Å². The maximum absolute atomic E-state index is 12.2. The van der Waals surface area contributed by atoms with Gasteiger partial charge in [-0.15, -0.1) is 0 Å². The second kappa shape index (κ2) is 6.58. The lowest BCUT2D eigenvalue weighted by Gasteiger charge is -2.32. The summed E-state index contributed by atoms with van der Waals surface area (Å²) in [6.07, 6.45) is 6.09. The van der Waals surface area contributed by atoms with Gasteiger partial charge >= 0.3 is 6.03 Å². The molecule has 1 aromatic heterocycles. The van der Waals surface area contributed by atoms with Crippen molar-refractivity contribution in [3.8, 4) is 0 Å². The summed E-state index contributed by atoms with van der Waals surface area (Å²) >= 11 is 5.81. The molecule has 3 rings (SSSR count). The maximum atomic E-state index is 12.2. The van der Waals surface area contributed by atoms with Gasteiger partial charge in [0.15, 0.2) is 0 Å². The number of rotatable bonds is 2. The first kappa shape index (κ1) is 14.5. The molecule has 2 aliphatic heterocycles. The molecule has 21 heavy (non-hydrogen) atoms. The summed E-state index contributed by atoms with van der Waals surface area (Å²) in [7, 11) is 0. The summed E-state index contributed by atoms with van der Waals surface area (Å²) in [5.41, 5.74) is 0. The number of carbonyl (C=O) groups is 1. The van der Waals surface area contributed by atoms with Gasteiger partial charge in [0, 0.05) is 44.0 Å². The van der Waals surface area contributed by atoms with Crippen LogP contribution in [-0.4, -0.2) is 53.1 Å². The number of piperidine rings is 1. The van der Waals surface area contributed by atoms with Gasteiger partial charge in [-0.05, 0) is 25.8 Å². The van der Waals surface area contributed by atoms with Gasteiger partial charge in [0.05, 0.1) is 5.02 Å². The van der Waals surface area contributed by atoms with E-state index >= 15 is 0 Å². The number of carbonyl (C=O) groups excluding carboxylic acids is 1. The molecule has 2 aliphatic rings. The minimum Gasteiger partial charge on any atom is -0.334 e. The van der Waals surface area contributed by atoms with E-state index in [4.69, 9.17) is 11.6 Å². The highest BCUT2D eigenvalue weighted by atomic mass is 35.5. The van der Waals surface area contributed by atoms with E-state index in [0.29, 0.717) is 10.9 Å². The third-order valence-corrected chi connectivity index (χ3v) is 4.37. The van der Waals surface area contributed by atoms with Crippen LogP contribution in [0.15, 0.2) is 12.4 Å². The molecular weight excluding hydrogens is 290 g/mol. The van der Waals surface area contributed by atoms with Crippen LogP contribution in [0.1, 0.15) is 31.0 Å². The van der Waals surface area contributed by atoms with Gasteiger partial charge in [-0.1, -0.05) is 11.6 Å². The predicted octanol–water partition coefficient (Wildman–Crippen LogP) is 1.38. The largest absolute Gasteiger partial charge is 0.334 e. The Kier molecular flexibility index (Phi) is 4.55. The Balaban J connectivity index is 1.50. The monoisotopic (exact) mass is 309 g/mol. The van der Waals surface area contributed by atoms with Crippen molar-refractivity contribution in [3.63, 3.8) is 0 Å². The van der Waals surface area contributed by atoms with E-state index in [9.17, 15) is 4.79 Å². The van der Waals surface area contributed by atoms with Crippen LogP contribution in [0.4, 0.5) is 4.79 Å². The zero-order valence-electron chi connectivity index (χ0n) is 11.9. The van der Waals surface area contributed by atoms with Crippen LogP contribution in [-0.2, 0) is 0 Å². The fourth-order valence-electron chi connectivity index (χ4n) is 2.92. The number of halogens is 1. The fourth-order valence-corrected chi connectivity index (χ4v) is 3.02. The third kappa shape index (κ3) is 3.63. The van der Waals surface area contributed by atoms with E-state index in [1.807, 2.05) is 4.90 Å². The van der Waals surface area contributed by atoms with E-state index in [1.165, 1.54) is 0 Å². The first-order valence-electron chi connectivity index (χ1n) is 7.46. The summed E-state index contributed by atoms with van der Waals surface area (Å²) in [4.78, 5) is 22.6. The predicted molar refractivity (Wildman–Crippen MR) is 80.4 cm³/mol. The average Bonchev–Trinajstić information content (AvgIpc) is 3.01. The van der Waals surface area contributed by atoms with Crippen LogP contribution >= 0.6 is 11.6 Å². The number of hydrogen-bond donors (Lipinski definition) is 2. The van der Waals surface area contributed by atoms with Crippen LogP contribution < -0.4 is 10.6 Å². The quantitative estimate of drug-likeness (QED) is 0.866. The first-order valence-corrected chi connectivity index (χ1v) is 7.84. The third-order valence-electron chi connectivity index (χ3n) is 4.18. The number of urea groups is 1. The molecule has 114 valence electrons. The molecule has 2 fully saturated rings. The van der Waals surface area contributed by atoms with Crippen molar-refractivity contribution < 1.29 is 4.79 Å². The molecular formula is C14H20ClN5O. The molecule has 0 aromatic carbocycles. The number of likely N-dealkylation sites (tertiary alicyclic amines) is 1. The molecule has 7 heteroatoms. The second-order valence-corrected chi connectivity index (χ2v) is 6.10. The van der Waals surface area contributed by atoms with Crippen LogP contribution in [0.3, 0.4) is 0 Å². The Morgan fingerprint density at radius 3 is 2.62 bits per heavy atom. The van der Waals surface area contributed by atoms with Crippen molar-refractivity contribution >= 4 is 17.6 Å². The fraction of sp³-hybridized carbons (Fsp3) is 0.643. The molecule has 3 heterocycles. The number of hydrogen-bond acceptors (Lipinski definition) is 4. The van der Waals surface area contributed by atoms with E-state index in [2.05, 4.69) is 20.6 Å². The summed E-state index contributed by atoms with van der Waals surface area (Å²) in [5, 5.41) is 6.90. The van der Waals surface area contributed by atoms with Crippen molar-refractivity contribution in [1.82, 2.24) is 25.5 Å². The highest BCUT2D eigenvalue weighted by Crippen LogP contribution is 2.25. The van der Waals surface area contributed by atoms with Gasteiger partial charge < -0.3 is 15.5 Å². The normalized spacial score (nSPS) is 23.3. The minimum absolute atomic E-state index is 0.0548. The topological polar surface area (TPSA) is 70.2 Å². The van der Waals surface area contributed by atoms with Gasteiger partial charge in [0.1, 0.15) is 5.82 Å². The van der Waals surface area contributed by atoms with Gasteiger partial charge in [-0.25, -0.2) is 14.8 Å². The minimum atomic E-state index is 0.0548. The average molecular weight is 310 g/mol. The molecule has 0 saturated carbocycles. The molecule has 6 nitrogen and oxygen atoms in total. The van der Waals surface area contributed by atoms with Crippen LogP contribution in [0, 0.1) is 0 Å². The molecule has 0 radical (unpaired) electrons. The van der Waals surface area contributed by atoms with E-state index in [1.54, 1.807) is 12.4 Å². The smallest absolute Gasteiger partial charge is 0.317 e. The van der Waals surface area contributed by atoms with Gasteiger partial charge in [-0.2, -0.15) is 0 Å². The van der Waals surface area contributed by atoms with Crippen LogP contribution in [0.5, 0.6) is 0 Å². The first-order chi connectivity index (χ1) is 10.2. The van der Waals surface area contributed by atoms with Crippen molar-refractivity contribution in [2.45, 2.75) is 31.2 Å². The highest BCUT2D eigenvalue weighted by Gasteiger charge is 2.27. The molecule has 1 atom stereocenters. The number of nitrogens with one attached hydrogen (secondary N) is 2. The Hall–Kier alpha value is -1.40. The van der Waals surface area contributed by atoms with Gasteiger partial charge in [0.25, 0.3) is 0 Å². The zero-order chi connectivity index (χ0) is 14.7. The van der Waals surface area contributed by atoms with Crippen molar-refractivity contribution in [2.75, 3.05) is 26.2 Å². The number of aromatic nitrogens is 2. The SMILES string of the molecule is O=C(N[C@@H]1CCNC1)N1CCC(c2ncc(Cl)cn2)CC1. The number of nitrogens with zero attached hydrogens (tertiary/aromatic N) is 3. The summed E-state index contributed by atoms with van der Waals surface area (Å²) in [5.74, 6) is 1.15. The summed E-state index contributed by atoms with van der Waals surface area (Å²) in [6.45, 7) is 3.37. The number of amides is 2. The van der Waals surface area contributed by atoms with E-state index in [0.717, 1.165) is 51.3 Å². The lowest BCUT2D eigenvalue weighted by Crippen LogP contribution is -2.48. The van der Waals surface area contributed by atoms with Crippen LogP contribution in [0.2, 0.25) is 5.02 Å². The van der Waals surface area contributed by atoms with Crippen molar-refractivity contribution in [1.29, 1.82) is 0 Å². The van der Waals surface area contributed by atoms with Gasteiger partial charge in [-0.3, -0.25) is 0 Å². The van der Waals surface area contributed by atoms with Crippen molar-refractivity contribution in [2.24, 2.45) is 0 Å². The molecule has 0 spiro atoms. The maximum Gasteiger partial charge on any atom is 0.317 e.